The highest BCUT2D eigenvalue weighted by Crippen LogP contribution is 2.65. The van der Waals surface area contributed by atoms with Gasteiger partial charge in [-0.1, -0.05) is 24.3 Å². The Morgan fingerprint density at radius 2 is 1.56 bits per heavy atom. The van der Waals surface area contributed by atoms with Crippen LogP contribution in [0.25, 0.3) is 0 Å². The Hall–Kier alpha value is -2.43. The average Bonchev–Trinajstić information content (AvgIpc) is 3.47. The monoisotopic (exact) mass is 363 g/mol. The van der Waals surface area contributed by atoms with Gasteiger partial charge in [0.1, 0.15) is 0 Å². The molecule has 5 heteroatoms. The molecule has 1 saturated heterocycles. The van der Waals surface area contributed by atoms with E-state index >= 15 is 0 Å². The van der Waals surface area contributed by atoms with Crippen molar-refractivity contribution < 1.29 is 9.59 Å². The largest absolute Gasteiger partial charge is 0.372 e. The predicted octanol–water partition coefficient (Wildman–Crippen LogP) is 2.92. The van der Waals surface area contributed by atoms with Crippen LogP contribution in [0.1, 0.15) is 25.8 Å². The molecule has 4 aliphatic carbocycles. The molecule has 0 spiro atoms. The number of anilines is 1. The second-order valence-electron chi connectivity index (χ2n) is 8.15. The van der Waals surface area contributed by atoms with E-state index in [1.54, 1.807) is 6.21 Å². The van der Waals surface area contributed by atoms with Crippen LogP contribution in [0.3, 0.4) is 0 Å². The Balaban J connectivity index is 1.34. The minimum atomic E-state index is -0.182. The van der Waals surface area contributed by atoms with Crippen molar-refractivity contribution in [2.75, 3.05) is 18.0 Å². The first-order chi connectivity index (χ1) is 13.1. The first-order valence-electron chi connectivity index (χ1n) is 10.1. The summed E-state index contributed by atoms with van der Waals surface area (Å²) in [6, 6.07) is 8.07. The molecule has 0 N–H and O–H groups in total. The van der Waals surface area contributed by atoms with Crippen LogP contribution in [-0.4, -0.2) is 36.1 Å². The van der Waals surface area contributed by atoms with Crippen LogP contribution < -0.4 is 4.90 Å². The Bertz CT molecular complexity index is 804. The minimum absolute atomic E-state index is 0.106. The fourth-order valence-electron chi connectivity index (χ4n) is 5.54. The molecule has 1 aromatic rings. The molecule has 0 aromatic heterocycles. The Labute approximate surface area is 159 Å². The number of nitrogens with zero attached hydrogens (tertiary/aromatic N) is 3. The Kier molecular flexibility index (Phi) is 3.74. The predicted molar refractivity (Wildman–Crippen MR) is 104 cm³/mol. The molecule has 2 amide bonds. The van der Waals surface area contributed by atoms with E-state index in [9.17, 15) is 9.59 Å². The van der Waals surface area contributed by atoms with Gasteiger partial charge in [0.25, 0.3) is 11.8 Å². The summed E-state index contributed by atoms with van der Waals surface area (Å²) in [5.41, 5.74) is 2.06. The van der Waals surface area contributed by atoms with Gasteiger partial charge in [0.05, 0.1) is 18.1 Å². The van der Waals surface area contributed by atoms with Gasteiger partial charge in [0.2, 0.25) is 0 Å². The number of hydrogen-bond acceptors (Lipinski definition) is 4. The normalized spacial score (nSPS) is 35.7. The van der Waals surface area contributed by atoms with Crippen LogP contribution in [0.15, 0.2) is 41.5 Å². The number of amides is 2. The highest BCUT2D eigenvalue weighted by molar-refractivity contribution is 6.06. The maximum absolute atomic E-state index is 12.9. The van der Waals surface area contributed by atoms with Crippen molar-refractivity contribution in [2.24, 2.45) is 40.6 Å². The number of carbonyl (C=O) groups is 2. The minimum Gasteiger partial charge on any atom is -0.372 e. The van der Waals surface area contributed by atoms with E-state index in [-0.39, 0.29) is 35.5 Å². The quantitative estimate of drug-likeness (QED) is 0.459. The maximum Gasteiger partial charge on any atom is 0.254 e. The van der Waals surface area contributed by atoms with Crippen molar-refractivity contribution in [2.45, 2.75) is 20.3 Å². The number of hydrazone groups is 1. The van der Waals surface area contributed by atoms with Gasteiger partial charge in [-0.2, -0.15) is 10.1 Å². The lowest BCUT2D eigenvalue weighted by molar-refractivity contribution is -0.140. The van der Waals surface area contributed by atoms with Crippen LogP contribution >= 0.6 is 0 Å². The zero-order chi connectivity index (χ0) is 18.7. The third-order valence-corrected chi connectivity index (χ3v) is 6.98. The van der Waals surface area contributed by atoms with Crippen molar-refractivity contribution in [3.05, 3.63) is 42.0 Å². The molecule has 1 heterocycles. The lowest BCUT2D eigenvalue weighted by atomic mass is 9.63. The van der Waals surface area contributed by atoms with Gasteiger partial charge in [0, 0.05) is 18.8 Å². The highest BCUT2D eigenvalue weighted by atomic mass is 16.2. The van der Waals surface area contributed by atoms with Crippen LogP contribution in [0.5, 0.6) is 0 Å². The van der Waals surface area contributed by atoms with Gasteiger partial charge in [0.15, 0.2) is 0 Å². The second-order valence-corrected chi connectivity index (χ2v) is 8.15. The standard InChI is InChI=1S/C22H25N3O2/c1-3-24(4-2)14-7-5-13(6-8-14)12-23-25-21(26)19-15-9-10-16(18-11-17(15)18)20(19)22(25)27/h5-10,12,15-20H,3-4,11H2,1-2H3/b23-12+/t15-,16-,17-,18-,19+,20+/m1/s1. The number of carbonyl (C=O) groups excluding carboxylic acids is 2. The van der Waals surface area contributed by atoms with Crippen LogP contribution in [0, 0.1) is 35.5 Å². The fraction of sp³-hybridized carbons (Fsp3) is 0.500. The summed E-state index contributed by atoms with van der Waals surface area (Å²) in [5.74, 6) is 1.16. The number of allylic oxidation sites excluding steroid dienone is 2. The highest BCUT2D eigenvalue weighted by Gasteiger charge is 2.67. The molecule has 5 nitrogen and oxygen atoms in total. The summed E-state index contributed by atoms with van der Waals surface area (Å²) < 4.78 is 0. The van der Waals surface area contributed by atoms with E-state index in [0.717, 1.165) is 23.7 Å². The lowest BCUT2D eigenvalue weighted by Crippen LogP contribution is -2.40. The second kappa shape index (κ2) is 6.04. The van der Waals surface area contributed by atoms with Gasteiger partial charge in [-0.25, -0.2) is 0 Å². The molecular weight excluding hydrogens is 338 g/mol. The number of rotatable bonds is 5. The van der Waals surface area contributed by atoms with Crippen molar-refractivity contribution >= 4 is 23.7 Å². The molecule has 140 valence electrons. The van der Waals surface area contributed by atoms with Gasteiger partial charge in [-0.3, -0.25) is 9.59 Å². The van der Waals surface area contributed by atoms with E-state index in [1.165, 1.54) is 12.1 Å². The van der Waals surface area contributed by atoms with Crippen LogP contribution in [-0.2, 0) is 9.59 Å². The summed E-state index contributed by atoms with van der Waals surface area (Å²) in [6.07, 6.45) is 7.18. The fourth-order valence-corrected chi connectivity index (χ4v) is 5.54. The number of hydrogen-bond donors (Lipinski definition) is 0. The summed E-state index contributed by atoms with van der Waals surface area (Å²) in [5, 5.41) is 5.44. The zero-order valence-corrected chi connectivity index (χ0v) is 15.8. The zero-order valence-electron chi connectivity index (χ0n) is 15.8. The number of benzene rings is 1. The van der Waals surface area contributed by atoms with Gasteiger partial charge < -0.3 is 4.90 Å². The van der Waals surface area contributed by atoms with Crippen molar-refractivity contribution in [3.8, 4) is 0 Å². The van der Waals surface area contributed by atoms with E-state index in [4.69, 9.17) is 0 Å². The molecular formula is C22H25N3O2. The summed E-state index contributed by atoms with van der Waals surface area (Å²) in [4.78, 5) is 28.1. The third-order valence-electron chi connectivity index (χ3n) is 6.98. The van der Waals surface area contributed by atoms with Gasteiger partial charge in [-0.15, -0.1) is 0 Å². The third kappa shape index (κ3) is 2.40. The van der Waals surface area contributed by atoms with Crippen LogP contribution in [0.2, 0.25) is 0 Å². The maximum atomic E-state index is 12.9. The molecule has 1 aromatic carbocycles. The molecule has 1 aliphatic heterocycles. The average molecular weight is 363 g/mol. The molecule has 2 saturated carbocycles. The SMILES string of the molecule is CCN(CC)c1ccc(/C=N/N2C(=O)[C@H]3[C@@H]4C=C[C@H]([C@H]5C[C@H]45)[C@@H]3C2=O)cc1. The molecule has 0 radical (unpaired) electrons. The van der Waals surface area contributed by atoms with E-state index in [0.29, 0.717) is 11.8 Å². The van der Waals surface area contributed by atoms with Crippen molar-refractivity contribution in [1.82, 2.24) is 5.01 Å². The van der Waals surface area contributed by atoms with Gasteiger partial charge >= 0.3 is 0 Å². The summed E-state index contributed by atoms with van der Waals surface area (Å²) >= 11 is 0. The van der Waals surface area contributed by atoms with Crippen molar-refractivity contribution in [3.63, 3.8) is 0 Å². The Morgan fingerprint density at radius 3 is 2.07 bits per heavy atom. The van der Waals surface area contributed by atoms with E-state index in [2.05, 4.69) is 48.1 Å². The molecule has 27 heavy (non-hydrogen) atoms. The first-order valence-corrected chi connectivity index (χ1v) is 10.1. The molecule has 6 atom stereocenters. The molecule has 0 unspecified atom stereocenters. The van der Waals surface area contributed by atoms with E-state index < -0.39 is 0 Å². The molecule has 5 aliphatic rings. The topological polar surface area (TPSA) is 53.0 Å². The van der Waals surface area contributed by atoms with Crippen molar-refractivity contribution in [1.29, 1.82) is 0 Å². The molecule has 3 fully saturated rings. The van der Waals surface area contributed by atoms with Crippen LogP contribution in [0.4, 0.5) is 5.69 Å². The smallest absolute Gasteiger partial charge is 0.254 e. The first kappa shape index (κ1) is 16.7. The lowest BCUT2D eigenvalue weighted by Gasteiger charge is -2.37. The van der Waals surface area contributed by atoms with E-state index in [1.807, 2.05) is 12.1 Å². The summed E-state index contributed by atoms with van der Waals surface area (Å²) in [7, 11) is 0. The summed E-state index contributed by atoms with van der Waals surface area (Å²) in [6.45, 7) is 6.19. The number of imide groups is 1. The molecule has 6 rings (SSSR count). The van der Waals surface area contributed by atoms with Gasteiger partial charge in [-0.05, 0) is 61.6 Å². The Morgan fingerprint density at radius 1 is 1.00 bits per heavy atom. The molecule has 2 bridgehead atoms.